The summed E-state index contributed by atoms with van der Waals surface area (Å²) in [6.45, 7) is 7.10. The first-order valence-corrected chi connectivity index (χ1v) is 7.49. The minimum Gasteiger partial charge on any atom is -0.329 e. The van der Waals surface area contributed by atoms with Crippen molar-refractivity contribution >= 4 is 11.8 Å². The number of aryl methyl sites for hydroxylation is 3. The second kappa shape index (κ2) is 6.27. The Hall–Kier alpha value is -1.25. The van der Waals surface area contributed by atoms with Gasteiger partial charge in [0.2, 0.25) is 0 Å². The van der Waals surface area contributed by atoms with Crippen molar-refractivity contribution in [3.8, 4) is 0 Å². The van der Waals surface area contributed by atoms with E-state index in [1.165, 1.54) is 27.1 Å². The fourth-order valence-corrected chi connectivity index (χ4v) is 3.48. The molecule has 2 aromatic rings. The Morgan fingerprint density at radius 3 is 2.42 bits per heavy atom. The zero-order valence-electron chi connectivity index (χ0n) is 11.8. The van der Waals surface area contributed by atoms with Gasteiger partial charge < -0.3 is 5.73 Å². The average molecular weight is 271 g/mol. The third-order valence-electron chi connectivity index (χ3n) is 3.36. The van der Waals surface area contributed by atoms with Crippen molar-refractivity contribution in [1.29, 1.82) is 0 Å². The Morgan fingerprint density at radius 1 is 1.00 bits per heavy atom. The molecule has 1 atom stereocenters. The van der Waals surface area contributed by atoms with Crippen LogP contribution in [0.1, 0.15) is 27.5 Å². The van der Waals surface area contributed by atoms with E-state index in [1.54, 1.807) is 0 Å². The summed E-state index contributed by atoms with van der Waals surface area (Å²) in [5.74, 6) is 0. The van der Waals surface area contributed by atoms with Crippen molar-refractivity contribution in [2.75, 3.05) is 6.54 Å². The van der Waals surface area contributed by atoms with Crippen LogP contribution < -0.4 is 5.73 Å². The highest BCUT2D eigenvalue weighted by atomic mass is 32.2. The molecule has 2 N–H and O–H groups in total. The van der Waals surface area contributed by atoms with Gasteiger partial charge in [-0.2, -0.15) is 0 Å². The Morgan fingerprint density at radius 2 is 1.74 bits per heavy atom. The third kappa shape index (κ3) is 3.40. The van der Waals surface area contributed by atoms with Crippen molar-refractivity contribution in [3.63, 3.8) is 0 Å². The molecular formula is C17H21NS. The van der Waals surface area contributed by atoms with E-state index in [0.717, 1.165) is 0 Å². The van der Waals surface area contributed by atoms with Gasteiger partial charge in [0, 0.05) is 16.7 Å². The summed E-state index contributed by atoms with van der Waals surface area (Å²) in [5.41, 5.74) is 11.3. The van der Waals surface area contributed by atoms with Crippen LogP contribution in [0.2, 0.25) is 0 Å². The number of hydrogen-bond donors (Lipinski definition) is 1. The van der Waals surface area contributed by atoms with Crippen molar-refractivity contribution in [1.82, 2.24) is 0 Å². The lowest BCUT2D eigenvalue weighted by Crippen LogP contribution is -2.10. The minimum atomic E-state index is 0.321. The van der Waals surface area contributed by atoms with Crippen LogP contribution >= 0.6 is 11.8 Å². The Balaban J connectivity index is 2.29. The van der Waals surface area contributed by atoms with Crippen molar-refractivity contribution in [3.05, 3.63) is 64.7 Å². The Kier molecular flexibility index (Phi) is 4.67. The van der Waals surface area contributed by atoms with Crippen LogP contribution in [0, 0.1) is 20.8 Å². The highest BCUT2D eigenvalue weighted by molar-refractivity contribution is 7.99. The first-order chi connectivity index (χ1) is 9.11. The van der Waals surface area contributed by atoms with Gasteiger partial charge in [0.05, 0.1) is 0 Å². The van der Waals surface area contributed by atoms with E-state index in [0.29, 0.717) is 11.8 Å². The monoisotopic (exact) mass is 271 g/mol. The number of thioether (sulfide) groups is 1. The van der Waals surface area contributed by atoms with Crippen LogP contribution in [0.4, 0.5) is 0 Å². The highest BCUT2D eigenvalue weighted by Gasteiger charge is 2.14. The van der Waals surface area contributed by atoms with Crippen LogP contribution in [-0.2, 0) is 0 Å². The number of hydrogen-bond acceptors (Lipinski definition) is 2. The van der Waals surface area contributed by atoms with Crippen LogP contribution in [0.5, 0.6) is 0 Å². The van der Waals surface area contributed by atoms with Crippen molar-refractivity contribution < 1.29 is 0 Å². The lowest BCUT2D eigenvalue weighted by Gasteiger charge is -2.18. The van der Waals surface area contributed by atoms with Gasteiger partial charge >= 0.3 is 0 Å². The van der Waals surface area contributed by atoms with E-state index in [2.05, 4.69) is 63.2 Å². The minimum absolute atomic E-state index is 0.321. The van der Waals surface area contributed by atoms with Crippen LogP contribution in [0.15, 0.2) is 47.4 Å². The molecule has 0 bridgehead atoms. The van der Waals surface area contributed by atoms with Gasteiger partial charge in [-0.15, -0.1) is 11.8 Å². The van der Waals surface area contributed by atoms with E-state index in [-0.39, 0.29) is 0 Å². The first kappa shape index (κ1) is 14.2. The lowest BCUT2D eigenvalue weighted by molar-refractivity contribution is 0.930. The van der Waals surface area contributed by atoms with Gasteiger partial charge in [0.1, 0.15) is 0 Å². The van der Waals surface area contributed by atoms with Gasteiger partial charge in [-0.3, -0.25) is 0 Å². The standard InChI is InChI=1S/C17H21NS/c1-12-8-9-14(3)16(10-12)19-17(11-18)15-7-5-4-6-13(15)2/h4-10,17H,11,18H2,1-3H3. The molecule has 2 rings (SSSR count). The largest absolute Gasteiger partial charge is 0.329 e. The van der Waals surface area contributed by atoms with Gasteiger partial charge in [-0.1, -0.05) is 42.0 Å². The van der Waals surface area contributed by atoms with Gasteiger partial charge in [0.15, 0.2) is 0 Å². The smallest absolute Gasteiger partial charge is 0.0469 e. The summed E-state index contributed by atoms with van der Waals surface area (Å²) >= 11 is 1.87. The fourth-order valence-electron chi connectivity index (χ4n) is 2.17. The number of benzene rings is 2. The van der Waals surface area contributed by atoms with Crippen molar-refractivity contribution in [2.24, 2.45) is 5.73 Å². The molecule has 0 aliphatic rings. The van der Waals surface area contributed by atoms with Gasteiger partial charge in [-0.25, -0.2) is 0 Å². The molecule has 1 nitrogen and oxygen atoms in total. The summed E-state index contributed by atoms with van der Waals surface area (Å²) in [4.78, 5) is 1.33. The van der Waals surface area contributed by atoms with E-state index in [9.17, 15) is 0 Å². The van der Waals surface area contributed by atoms with Gasteiger partial charge in [-0.05, 0) is 43.5 Å². The SMILES string of the molecule is Cc1ccc(C)c(SC(CN)c2ccccc2C)c1. The van der Waals surface area contributed by atoms with E-state index in [4.69, 9.17) is 5.73 Å². The summed E-state index contributed by atoms with van der Waals surface area (Å²) in [6.07, 6.45) is 0. The van der Waals surface area contributed by atoms with Crippen LogP contribution in [-0.4, -0.2) is 6.54 Å². The lowest BCUT2D eigenvalue weighted by atomic mass is 10.1. The predicted molar refractivity (Wildman–Crippen MR) is 84.7 cm³/mol. The molecule has 19 heavy (non-hydrogen) atoms. The van der Waals surface area contributed by atoms with Crippen molar-refractivity contribution in [2.45, 2.75) is 30.9 Å². The summed E-state index contributed by atoms with van der Waals surface area (Å²) in [6, 6.07) is 15.1. The Bertz CT molecular complexity index is 563. The summed E-state index contributed by atoms with van der Waals surface area (Å²) in [5, 5.41) is 0.321. The molecule has 1 unspecified atom stereocenters. The molecule has 0 radical (unpaired) electrons. The molecular weight excluding hydrogens is 250 g/mol. The van der Waals surface area contributed by atoms with Gasteiger partial charge in [0.25, 0.3) is 0 Å². The maximum Gasteiger partial charge on any atom is 0.0469 e. The van der Waals surface area contributed by atoms with E-state index >= 15 is 0 Å². The maximum atomic E-state index is 5.99. The van der Waals surface area contributed by atoms with E-state index < -0.39 is 0 Å². The molecule has 0 aliphatic carbocycles. The van der Waals surface area contributed by atoms with Crippen LogP contribution in [0.25, 0.3) is 0 Å². The molecule has 0 fully saturated rings. The fraction of sp³-hybridized carbons (Fsp3) is 0.294. The number of rotatable bonds is 4. The molecule has 2 aromatic carbocycles. The van der Waals surface area contributed by atoms with Crippen LogP contribution in [0.3, 0.4) is 0 Å². The zero-order chi connectivity index (χ0) is 13.8. The predicted octanol–water partition coefficient (Wildman–Crippen LogP) is 4.40. The molecule has 0 saturated carbocycles. The third-order valence-corrected chi connectivity index (χ3v) is 4.79. The normalized spacial score (nSPS) is 12.4. The quantitative estimate of drug-likeness (QED) is 0.834. The second-order valence-electron chi connectivity index (χ2n) is 4.97. The summed E-state index contributed by atoms with van der Waals surface area (Å²) in [7, 11) is 0. The molecule has 0 spiro atoms. The molecule has 0 aliphatic heterocycles. The first-order valence-electron chi connectivity index (χ1n) is 6.61. The molecule has 0 saturated heterocycles. The zero-order valence-corrected chi connectivity index (χ0v) is 12.6. The molecule has 2 heteroatoms. The average Bonchev–Trinajstić information content (AvgIpc) is 2.41. The maximum absolute atomic E-state index is 5.99. The number of nitrogens with two attached hydrogens (primary N) is 1. The molecule has 0 heterocycles. The topological polar surface area (TPSA) is 26.0 Å². The van der Waals surface area contributed by atoms with E-state index in [1.807, 2.05) is 11.8 Å². The molecule has 0 amide bonds. The molecule has 0 aromatic heterocycles. The molecule has 100 valence electrons. The highest BCUT2D eigenvalue weighted by Crippen LogP contribution is 2.37. The second-order valence-corrected chi connectivity index (χ2v) is 6.21. The Labute approximate surface area is 120 Å². The summed E-state index contributed by atoms with van der Waals surface area (Å²) < 4.78 is 0.